The molecule has 0 bridgehead atoms. The molecule has 1 radical (unpaired) electrons. The van der Waals surface area contributed by atoms with Crippen molar-refractivity contribution < 1.29 is 0 Å². The van der Waals surface area contributed by atoms with Crippen LogP contribution in [0.2, 0.25) is 0 Å². The van der Waals surface area contributed by atoms with E-state index in [4.69, 9.17) is 0 Å². The van der Waals surface area contributed by atoms with Crippen molar-refractivity contribution in [1.29, 1.82) is 0 Å². The van der Waals surface area contributed by atoms with Gasteiger partial charge in [-0.3, -0.25) is 0 Å². The van der Waals surface area contributed by atoms with Gasteiger partial charge in [0.05, 0.1) is 0 Å². The minimum atomic E-state index is 0. The van der Waals surface area contributed by atoms with Crippen LogP contribution in [-0.4, -0.2) is 34.0 Å². The predicted octanol–water partition coefficient (Wildman–Crippen LogP) is 1.06. The fourth-order valence-electron chi connectivity index (χ4n) is 0. The van der Waals surface area contributed by atoms with Gasteiger partial charge in [-0.2, -0.15) is 0 Å². The second-order valence-electron chi connectivity index (χ2n) is 0.267. The van der Waals surface area contributed by atoms with Gasteiger partial charge in [-0.15, -0.1) is 0 Å². The van der Waals surface area contributed by atoms with E-state index < -0.39 is 0 Å². The van der Waals surface area contributed by atoms with Crippen LogP contribution in [0.1, 0.15) is 6.92 Å². The molecule has 0 spiro atoms. The van der Waals surface area contributed by atoms with Gasteiger partial charge in [0.25, 0.3) is 0 Å². The van der Waals surface area contributed by atoms with Gasteiger partial charge in [0.1, 0.15) is 0 Å². The third-order valence-corrected chi connectivity index (χ3v) is 0. The molecule has 0 saturated heterocycles. The number of rotatable bonds is 0. The van der Waals surface area contributed by atoms with Crippen molar-refractivity contribution in [3.8, 4) is 0 Å². The normalized spacial score (nSPS) is 4.50. The SMILES string of the molecule is CCI.[Na]. The Morgan fingerprint density at radius 1 is 1.75 bits per heavy atom. The van der Waals surface area contributed by atoms with Crippen molar-refractivity contribution in [2.75, 3.05) is 4.43 Å². The molecular formula is C2H5INa. The molecule has 0 aromatic rings. The fraction of sp³-hybridized carbons (Fsp3) is 1.00. The summed E-state index contributed by atoms with van der Waals surface area (Å²) >= 11 is 2.29. The summed E-state index contributed by atoms with van der Waals surface area (Å²) in [5.74, 6) is 0. The largest absolute Gasteiger partial charge is 0.0867 e. The van der Waals surface area contributed by atoms with E-state index in [9.17, 15) is 0 Å². The second kappa shape index (κ2) is 8.83. The van der Waals surface area contributed by atoms with E-state index in [2.05, 4.69) is 29.5 Å². The average Bonchev–Trinajstić information content (AvgIpc) is 0.918. The maximum atomic E-state index is 2.29. The molecular weight excluding hydrogens is 174 g/mol. The molecule has 0 rings (SSSR count). The molecule has 0 aliphatic heterocycles. The third kappa shape index (κ3) is 9.29. The molecule has 0 aromatic heterocycles. The predicted molar refractivity (Wildman–Crippen MR) is 30.3 cm³/mol. The summed E-state index contributed by atoms with van der Waals surface area (Å²) in [7, 11) is 0. The van der Waals surface area contributed by atoms with E-state index in [1.54, 1.807) is 0 Å². The minimum Gasteiger partial charge on any atom is -0.0867 e. The van der Waals surface area contributed by atoms with E-state index in [0.29, 0.717) is 0 Å². The average molecular weight is 179 g/mol. The van der Waals surface area contributed by atoms with Gasteiger partial charge >= 0.3 is 0 Å². The van der Waals surface area contributed by atoms with Gasteiger partial charge in [-0.25, -0.2) is 0 Å². The molecule has 0 aliphatic carbocycles. The first-order valence-corrected chi connectivity index (χ1v) is 2.50. The Morgan fingerprint density at radius 2 is 1.75 bits per heavy atom. The van der Waals surface area contributed by atoms with Crippen molar-refractivity contribution in [3.05, 3.63) is 0 Å². The Hall–Kier alpha value is 1.73. The first-order valence-electron chi connectivity index (χ1n) is 0.974. The molecule has 0 unspecified atom stereocenters. The van der Waals surface area contributed by atoms with Gasteiger partial charge in [0, 0.05) is 29.6 Å². The summed E-state index contributed by atoms with van der Waals surface area (Å²) in [5, 5.41) is 0. The fourth-order valence-corrected chi connectivity index (χ4v) is 0. The number of halogens is 1. The first-order chi connectivity index (χ1) is 1.41. The Bertz CT molecular complexity index is 6.00. The molecule has 21 valence electrons. The Kier molecular flexibility index (Phi) is 20.3. The summed E-state index contributed by atoms with van der Waals surface area (Å²) in [5.41, 5.74) is 0. The van der Waals surface area contributed by atoms with Crippen LogP contribution in [0.3, 0.4) is 0 Å². The monoisotopic (exact) mass is 179 g/mol. The van der Waals surface area contributed by atoms with Gasteiger partial charge in [-0.05, 0) is 4.43 Å². The zero-order chi connectivity index (χ0) is 2.71. The zero-order valence-electron chi connectivity index (χ0n) is 3.09. The second-order valence-corrected chi connectivity index (χ2v) is 1.79. The van der Waals surface area contributed by atoms with Crippen LogP contribution < -0.4 is 0 Å². The van der Waals surface area contributed by atoms with Crippen molar-refractivity contribution in [2.24, 2.45) is 0 Å². The molecule has 0 nitrogen and oxygen atoms in total. The molecule has 4 heavy (non-hydrogen) atoms. The maximum Gasteiger partial charge on any atom is 0 e. The van der Waals surface area contributed by atoms with Crippen LogP contribution >= 0.6 is 22.6 Å². The van der Waals surface area contributed by atoms with Crippen molar-refractivity contribution in [2.45, 2.75) is 6.92 Å². The van der Waals surface area contributed by atoms with E-state index >= 15 is 0 Å². The van der Waals surface area contributed by atoms with Crippen LogP contribution in [0.15, 0.2) is 0 Å². The Balaban J connectivity index is 0. The van der Waals surface area contributed by atoms with Crippen LogP contribution in [0.4, 0.5) is 0 Å². The summed E-state index contributed by atoms with van der Waals surface area (Å²) in [4.78, 5) is 0. The maximum absolute atomic E-state index is 2.29. The molecule has 0 N–H and O–H groups in total. The van der Waals surface area contributed by atoms with Gasteiger partial charge in [0.2, 0.25) is 0 Å². The summed E-state index contributed by atoms with van der Waals surface area (Å²) in [6, 6.07) is 0. The van der Waals surface area contributed by atoms with E-state index in [-0.39, 0.29) is 29.6 Å². The molecule has 0 saturated carbocycles. The van der Waals surface area contributed by atoms with Gasteiger partial charge in [0.15, 0.2) is 0 Å². The summed E-state index contributed by atoms with van der Waals surface area (Å²) in [6.07, 6.45) is 0. The van der Waals surface area contributed by atoms with Crippen LogP contribution in [0, 0.1) is 0 Å². The van der Waals surface area contributed by atoms with Gasteiger partial charge < -0.3 is 0 Å². The Labute approximate surface area is 62.8 Å². The van der Waals surface area contributed by atoms with E-state index in [1.807, 2.05) is 0 Å². The first kappa shape index (κ1) is 9.21. The van der Waals surface area contributed by atoms with Crippen LogP contribution in [-0.2, 0) is 0 Å². The number of alkyl halides is 1. The molecule has 0 fully saturated rings. The van der Waals surface area contributed by atoms with E-state index in [0.717, 1.165) is 0 Å². The van der Waals surface area contributed by atoms with Crippen molar-refractivity contribution in [3.63, 3.8) is 0 Å². The van der Waals surface area contributed by atoms with Crippen molar-refractivity contribution in [1.82, 2.24) is 0 Å². The molecule has 0 atom stereocenters. The minimum absolute atomic E-state index is 0. The van der Waals surface area contributed by atoms with Crippen molar-refractivity contribution >= 4 is 52.1 Å². The van der Waals surface area contributed by atoms with Gasteiger partial charge in [-0.1, -0.05) is 29.5 Å². The third-order valence-electron chi connectivity index (χ3n) is 0. The molecule has 2 heteroatoms. The van der Waals surface area contributed by atoms with E-state index in [1.165, 1.54) is 4.43 Å². The number of hydrogen-bond acceptors (Lipinski definition) is 0. The Morgan fingerprint density at radius 3 is 1.75 bits per heavy atom. The summed E-state index contributed by atoms with van der Waals surface area (Å²) in [6.45, 7) is 2.11. The molecule has 0 aromatic carbocycles. The molecule has 0 aliphatic rings. The standard InChI is InChI=1S/C2H5I.Na/c1-2-3;/h2H2,1H3;. The zero-order valence-corrected chi connectivity index (χ0v) is 7.24. The number of hydrogen-bond donors (Lipinski definition) is 0. The molecule has 0 amide bonds. The van der Waals surface area contributed by atoms with Crippen LogP contribution in [0.5, 0.6) is 0 Å². The molecule has 0 heterocycles. The van der Waals surface area contributed by atoms with Crippen LogP contribution in [0.25, 0.3) is 0 Å². The quantitative estimate of drug-likeness (QED) is 0.296. The summed E-state index contributed by atoms with van der Waals surface area (Å²) < 4.78 is 1.22. The topological polar surface area (TPSA) is 0 Å². The smallest absolute Gasteiger partial charge is 0 e.